The minimum absolute atomic E-state index is 0.225. The highest BCUT2D eigenvalue weighted by molar-refractivity contribution is 7.20. The van der Waals surface area contributed by atoms with E-state index in [0.29, 0.717) is 4.88 Å². The Morgan fingerprint density at radius 1 is 1.12 bits per heavy atom. The number of nitrogens with zero attached hydrogens (tertiary/aromatic N) is 3. The van der Waals surface area contributed by atoms with Crippen LogP contribution in [0.3, 0.4) is 0 Å². The van der Waals surface area contributed by atoms with Gasteiger partial charge in [0.25, 0.3) is 5.91 Å². The van der Waals surface area contributed by atoms with Gasteiger partial charge in [-0.2, -0.15) is 10.2 Å². The Balaban J connectivity index is 1.59. The lowest BCUT2D eigenvalue weighted by Gasteiger charge is -2.01. The number of hydrazone groups is 1. The molecule has 0 radical (unpaired) electrons. The summed E-state index contributed by atoms with van der Waals surface area (Å²) in [6.07, 6.45) is 1.63. The van der Waals surface area contributed by atoms with Crippen LogP contribution in [0.2, 0.25) is 0 Å². The summed E-state index contributed by atoms with van der Waals surface area (Å²) in [5, 5.41) is 9.61. The number of aromatic nitrogens is 2. The Kier molecular flexibility index (Phi) is 4.33. The van der Waals surface area contributed by atoms with Crippen molar-refractivity contribution < 1.29 is 4.79 Å². The summed E-state index contributed by atoms with van der Waals surface area (Å²) in [6, 6.07) is 21.4. The number of para-hydroxylation sites is 1. The largest absolute Gasteiger partial charge is 0.281 e. The first-order chi connectivity index (χ1) is 12.7. The molecular formula is C20H16N4OS. The second kappa shape index (κ2) is 6.93. The first-order valence-electron chi connectivity index (χ1n) is 8.15. The second-order valence-corrected chi connectivity index (χ2v) is 6.80. The lowest BCUT2D eigenvalue weighted by atomic mass is 10.2. The van der Waals surface area contributed by atoms with Crippen LogP contribution in [-0.4, -0.2) is 21.9 Å². The van der Waals surface area contributed by atoms with Crippen LogP contribution in [-0.2, 0) is 0 Å². The van der Waals surface area contributed by atoms with Crippen LogP contribution in [0.1, 0.15) is 20.9 Å². The van der Waals surface area contributed by atoms with E-state index in [9.17, 15) is 4.79 Å². The molecule has 128 valence electrons. The second-order valence-electron chi connectivity index (χ2n) is 5.77. The number of hydrogen-bond donors (Lipinski definition) is 1. The molecule has 1 amide bonds. The monoisotopic (exact) mass is 360 g/mol. The third kappa shape index (κ3) is 3.14. The van der Waals surface area contributed by atoms with Gasteiger partial charge in [0.05, 0.1) is 22.5 Å². The molecule has 26 heavy (non-hydrogen) atoms. The SMILES string of the molecule is Cc1nn(-c2ccccc2)c2sc(C(=O)N/N=C/c3ccccc3)cc12. The van der Waals surface area contributed by atoms with E-state index < -0.39 is 0 Å². The van der Waals surface area contributed by atoms with Crippen LogP contribution >= 0.6 is 11.3 Å². The lowest BCUT2D eigenvalue weighted by Crippen LogP contribution is -2.16. The third-order valence-corrected chi connectivity index (χ3v) is 5.06. The summed E-state index contributed by atoms with van der Waals surface area (Å²) in [5.41, 5.74) is 5.39. The standard InChI is InChI=1S/C20H16N4OS/c1-14-17-12-18(19(25)22-21-13-15-8-4-2-5-9-15)26-20(17)24(23-14)16-10-6-3-7-11-16/h2-13H,1H3,(H,22,25)/b21-13+. The number of aryl methyl sites for hydroxylation is 1. The predicted molar refractivity (Wildman–Crippen MR) is 105 cm³/mol. The zero-order chi connectivity index (χ0) is 17.9. The van der Waals surface area contributed by atoms with Gasteiger partial charge in [0.15, 0.2) is 0 Å². The molecule has 4 aromatic rings. The smallest absolute Gasteiger partial charge is 0.266 e. The molecule has 0 saturated heterocycles. The summed E-state index contributed by atoms with van der Waals surface area (Å²) in [4.78, 5) is 14.0. The Morgan fingerprint density at radius 2 is 1.81 bits per heavy atom. The molecular weight excluding hydrogens is 344 g/mol. The van der Waals surface area contributed by atoms with Gasteiger partial charge in [0.1, 0.15) is 4.83 Å². The van der Waals surface area contributed by atoms with Crippen LogP contribution in [0.5, 0.6) is 0 Å². The molecule has 2 aromatic carbocycles. The molecule has 0 aliphatic rings. The van der Waals surface area contributed by atoms with Crippen molar-refractivity contribution in [2.24, 2.45) is 5.10 Å². The van der Waals surface area contributed by atoms with Gasteiger partial charge in [-0.1, -0.05) is 48.5 Å². The molecule has 0 spiro atoms. The fourth-order valence-corrected chi connectivity index (χ4v) is 3.74. The number of benzene rings is 2. The Hall–Kier alpha value is -3.25. The highest BCUT2D eigenvalue weighted by Gasteiger charge is 2.16. The Morgan fingerprint density at radius 3 is 2.54 bits per heavy atom. The van der Waals surface area contributed by atoms with Crippen LogP contribution in [0.15, 0.2) is 71.8 Å². The molecule has 2 heterocycles. The molecule has 0 unspecified atom stereocenters. The van der Waals surface area contributed by atoms with E-state index in [2.05, 4.69) is 15.6 Å². The number of nitrogens with one attached hydrogen (secondary N) is 1. The molecule has 0 saturated carbocycles. The summed E-state index contributed by atoms with van der Waals surface area (Å²) >= 11 is 1.41. The molecule has 0 bridgehead atoms. The number of carbonyl (C=O) groups is 1. The molecule has 1 N–H and O–H groups in total. The van der Waals surface area contributed by atoms with Crippen LogP contribution in [0.4, 0.5) is 0 Å². The van der Waals surface area contributed by atoms with Crippen LogP contribution in [0, 0.1) is 6.92 Å². The zero-order valence-corrected chi connectivity index (χ0v) is 14.9. The van der Waals surface area contributed by atoms with Crippen molar-refractivity contribution in [2.75, 3.05) is 0 Å². The van der Waals surface area contributed by atoms with Crippen molar-refractivity contribution >= 4 is 33.7 Å². The minimum Gasteiger partial charge on any atom is -0.266 e. The van der Waals surface area contributed by atoms with E-state index in [0.717, 1.165) is 27.2 Å². The molecule has 4 rings (SSSR count). The maximum Gasteiger partial charge on any atom is 0.281 e. The number of amides is 1. The van der Waals surface area contributed by atoms with Gasteiger partial charge in [-0.25, -0.2) is 10.1 Å². The average Bonchev–Trinajstić information content (AvgIpc) is 3.24. The quantitative estimate of drug-likeness (QED) is 0.439. The van der Waals surface area contributed by atoms with E-state index in [1.54, 1.807) is 6.21 Å². The fraction of sp³-hybridized carbons (Fsp3) is 0.0500. The average molecular weight is 360 g/mol. The topological polar surface area (TPSA) is 59.3 Å². The lowest BCUT2D eigenvalue weighted by molar-refractivity contribution is 0.0959. The zero-order valence-electron chi connectivity index (χ0n) is 14.1. The van der Waals surface area contributed by atoms with E-state index in [1.165, 1.54) is 11.3 Å². The van der Waals surface area contributed by atoms with Gasteiger partial charge in [-0.05, 0) is 30.7 Å². The van der Waals surface area contributed by atoms with Gasteiger partial charge in [-0.15, -0.1) is 11.3 Å². The fourth-order valence-electron chi connectivity index (χ4n) is 2.66. The van der Waals surface area contributed by atoms with Gasteiger partial charge in [0.2, 0.25) is 0 Å². The number of carbonyl (C=O) groups excluding carboxylic acids is 1. The van der Waals surface area contributed by atoms with Crippen molar-refractivity contribution in [1.29, 1.82) is 0 Å². The highest BCUT2D eigenvalue weighted by atomic mass is 32.1. The van der Waals surface area contributed by atoms with Crippen molar-refractivity contribution in [1.82, 2.24) is 15.2 Å². The summed E-state index contributed by atoms with van der Waals surface area (Å²) in [5.74, 6) is -0.225. The molecule has 0 atom stereocenters. The van der Waals surface area contributed by atoms with Gasteiger partial charge in [-0.3, -0.25) is 4.79 Å². The van der Waals surface area contributed by atoms with E-state index >= 15 is 0 Å². The molecule has 6 heteroatoms. The molecule has 2 aromatic heterocycles. The van der Waals surface area contributed by atoms with Gasteiger partial charge >= 0.3 is 0 Å². The summed E-state index contributed by atoms with van der Waals surface area (Å²) < 4.78 is 1.87. The van der Waals surface area contributed by atoms with Gasteiger partial charge < -0.3 is 0 Å². The highest BCUT2D eigenvalue weighted by Crippen LogP contribution is 2.30. The van der Waals surface area contributed by atoms with Crippen molar-refractivity contribution in [3.05, 3.63) is 82.9 Å². The maximum atomic E-state index is 12.4. The number of fused-ring (bicyclic) bond motifs is 1. The van der Waals surface area contributed by atoms with Crippen molar-refractivity contribution in [2.45, 2.75) is 6.92 Å². The minimum atomic E-state index is -0.225. The molecule has 5 nitrogen and oxygen atoms in total. The van der Waals surface area contributed by atoms with Crippen LogP contribution in [0.25, 0.3) is 15.9 Å². The number of hydrogen-bond acceptors (Lipinski definition) is 4. The first-order valence-corrected chi connectivity index (χ1v) is 8.97. The van der Waals surface area contributed by atoms with E-state index in [-0.39, 0.29) is 5.91 Å². The van der Waals surface area contributed by atoms with E-state index in [4.69, 9.17) is 0 Å². The van der Waals surface area contributed by atoms with E-state index in [1.807, 2.05) is 78.3 Å². The number of thiophene rings is 1. The van der Waals surface area contributed by atoms with Crippen molar-refractivity contribution in [3.8, 4) is 5.69 Å². The predicted octanol–water partition coefficient (Wildman–Crippen LogP) is 4.16. The maximum absolute atomic E-state index is 12.4. The molecule has 0 aliphatic carbocycles. The Bertz CT molecular complexity index is 1080. The first kappa shape index (κ1) is 16.2. The summed E-state index contributed by atoms with van der Waals surface area (Å²) in [6.45, 7) is 1.95. The normalized spacial score (nSPS) is 11.3. The Labute approximate surface area is 154 Å². The molecule has 0 aliphatic heterocycles. The van der Waals surface area contributed by atoms with Crippen LogP contribution < -0.4 is 5.43 Å². The van der Waals surface area contributed by atoms with Gasteiger partial charge in [0, 0.05) is 5.39 Å². The third-order valence-electron chi connectivity index (χ3n) is 3.95. The molecule has 0 fully saturated rings. The number of rotatable bonds is 4. The van der Waals surface area contributed by atoms with Crippen molar-refractivity contribution in [3.63, 3.8) is 0 Å². The summed E-state index contributed by atoms with van der Waals surface area (Å²) in [7, 11) is 0.